The summed E-state index contributed by atoms with van der Waals surface area (Å²) < 4.78 is 17.9. The van der Waals surface area contributed by atoms with Crippen molar-refractivity contribution in [2.45, 2.75) is 47.1 Å². The van der Waals surface area contributed by atoms with E-state index in [-0.39, 0.29) is 29.9 Å². The minimum absolute atomic E-state index is 0.0307. The van der Waals surface area contributed by atoms with Crippen LogP contribution in [0.25, 0.3) is 11.0 Å². The Balaban J connectivity index is 1.86. The highest BCUT2D eigenvalue weighted by molar-refractivity contribution is 5.99. The molecule has 0 spiro atoms. The van der Waals surface area contributed by atoms with Crippen LogP contribution in [0.4, 0.5) is 0 Å². The molecular formula is C28H33NO6. The largest absolute Gasteiger partial charge is 0.490 e. The highest BCUT2D eigenvalue weighted by Crippen LogP contribution is 2.41. The molecule has 2 aromatic carbocycles. The number of β-amino-alcohol motifs (C(OH)–C–C–N with tert-alkyl or cyclic N) is 1. The predicted octanol–water partition coefficient (Wildman–Crippen LogP) is 4.77. The van der Waals surface area contributed by atoms with E-state index >= 15 is 0 Å². The molecule has 0 radical (unpaired) electrons. The molecule has 1 N–H and O–H groups in total. The quantitative estimate of drug-likeness (QED) is 0.476. The Kier molecular flexibility index (Phi) is 7.17. The van der Waals surface area contributed by atoms with Gasteiger partial charge in [-0.15, -0.1) is 0 Å². The van der Waals surface area contributed by atoms with Crippen LogP contribution in [0, 0.1) is 19.8 Å². The van der Waals surface area contributed by atoms with Crippen molar-refractivity contribution in [3.8, 4) is 11.5 Å². The normalized spacial score (nSPS) is 15.2. The van der Waals surface area contributed by atoms with Gasteiger partial charge >= 0.3 is 0 Å². The van der Waals surface area contributed by atoms with Gasteiger partial charge in [-0.2, -0.15) is 0 Å². The van der Waals surface area contributed by atoms with Gasteiger partial charge in [-0.05, 0) is 68.0 Å². The zero-order valence-corrected chi connectivity index (χ0v) is 21.0. The number of hydrogen-bond acceptors (Lipinski definition) is 6. The first kappa shape index (κ1) is 24.8. The number of ether oxygens (including phenoxy) is 2. The summed E-state index contributed by atoms with van der Waals surface area (Å²) in [4.78, 5) is 28.6. The number of amides is 1. The van der Waals surface area contributed by atoms with Crippen molar-refractivity contribution in [3.63, 3.8) is 0 Å². The van der Waals surface area contributed by atoms with E-state index in [1.165, 1.54) is 4.90 Å². The van der Waals surface area contributed by atoms with E-state index in [9.17, 15) is 14.7 Å². The molecule has 3 aromatic rings. The van der Waals surface area contributed by atoms with Crippen LogP contribution in [0.1, 0.15) is 66.0 Å². The molecule has 1 aromatic heterocycles. The Morgan fingerprint density at radius 2 is 1.86 bits per heavy atom. The van der Waals surface area contributed by atoms with E-state index in [4.69, 9.17) is 13.9 Å². The second-order valence-corrected chi connectivity index (χ2v) is 9.43. The molecule has 1 aliphatic heterocycles. The third-order valence-corrected chi connectivity index (χ3v) is 6.27. The molecule has 2 heterocycles. The molecule has 0 fully saturated rings. The maximum atomic E-state index is 13.7. The number of aliphatic hydroxyl groups is 1. The topological polar surface area (TPSA) is 89.2 Å². The fourth-order valence-electron chi connectivity index (χ4n) is 4.65. The van der Waals surface area contributed by atoms with Crippen LogP contribution in [-0.2, 0) is 0 Å². The number of hydrogen-bond donors (Lipinski definition) is 1. The Morgan fingerprint density at radius 1 is 1.09 bits per heavy atom. The summed E-state index contributed by atoms with van der Waals surface area (Å²) in [5, 5.41) is 10.2. The van der Waals surface area contributed by atoms with Gasteiger partial charge in [-0.3, -0.25) is 9.59 Å². The van der Waals surface area contributed by atoms with Gasteiger partial charge in [0.1, 0.15) is 5.58 Å². The number of rotatable bonds is 9. The number of benzene rings is 2. The lowest BCUT2D eigenvalue weighted by molar-refractivity contribution is 0.0691. The summed E-state index contributed by atoms with van der Waals surface area (Å²) in [6, 6.07) is 8.49. The SMILES string of the molecule is CCOc1cc([C@H]2c3c(oc4c(C)cc(C)cc4c3=O)C(=O)N2CCO)ccc1OCCC(C)C. The molecule has 0 bridgehead atoms. The lowest BCUT2D eigenvalue weighted by atomic mass is 9.97. The van der Waals surface area contributed by atoms with Gasteiger partial charge in [0, 0.05) is 6.54 Å². The van der Waals surface area contributed by atoms with Crippen LogP contribution < -0.4 is 14.9 Å². The standard InChI is InChI=1S/C28H33NO6/c1-6-33-22-15-19(7-8-21(22)34-12-9-16(2)3)24-23-25(31)20-14-17(4)13-18(5)26(20)35-27(23)28(32)29(24)10-11-30/h7-8,13-16,24,30H,6,9-12H2,1-5H3/t24-/m0/s1. The van der Waals surface area contributed by atoms with Crippen LogP contribution >= 0.6 is 0 Å². The van der Waals surface area contributed by atoms with Gasteiger partial charge in [-0.25, -0.2) is 0 Å². The summed E-state index contributed by atoms with van der Waals surface area (Å²) in [5.74, 6) is 1.30. The molecule has 186 valence electrons. The van der Waals surface area contributed by atoms with E-state index < -0.39 is 11.9 Å². The first-order valence-corrected chi connectivity index (χ1v) is 12.2. The van der Waals surface area contributed by atoms with Gasteiger partial charge in [0.2, 0.25) is 5.76 Å². The molecule has 7 heteroatoms. The maximum absolute atomic E-state index is 13.7. The summed E-state index contributed by atoms with van der Waals surface area (Å²) in [5.41, 5.74) is 2.91. The lowest BCUT2D eigenvalue weighted by Crippen LogP contribution is -2.32. The average molecular weight is 480 g/mol. The summed E-state index contributed by atoms with van der Waals surface area (Å²) in [7, 11) is 0. The third kappa shape index (κ3) is 4.65. The molecule has 0 aliphatic carbocycles. The molecular weight excluding hydrogens is 446 g/mol. The van der Waals surface area contributed by atoms with E-state index in [0.29, 0.717) is 47.2 Å². The van der Waals surface area contributed by atoms with Crippen molar-refractivity contribution in [1.82, 2.24) is 4.90 Å². The van der Waals surface area contributed by atoms with E-state index in [0.717, 1.165) is 17.5 Å². The van der Waals surface area contributed by atoms with Gasteiger partial charge in [0.25, 0.3) is 5.91 Å². The Morgan fingerprint density at radius 3 is 2.54 bits per heavy atom. The number of aryl methyl sites for hydroxylation is 2. The van der Waals surface area contributed by atoms with Gasteiger partial charge < -0.3 is 23.9 Å². The second kappa shape index (κ2) is 10.1. The molecule has 4 rings (SSSR count). The molecule has 1 amide bonds. The van der Waals surface area contributed by atoms with Crippen molar-refractivity contribution < 1.29 is 23.8 Å². The van der Waals surface area contributed by atoms with Crippen molar-refractivity contribution in [2.75, 3.05) is 26.4 Å². The van der Waals surface area contributed by atoms with Crippen molar-refractivity contribution in [2.24, 2.45) is 5.92 Å². The van der Waals surface area contributed by atoms with Crippen LogP contribution in [0.5, 0.6) is 11.5 Å². The monoisotopic (exact) mass is 479 g/mol. The number of aliphatic hydroxyl groups excluding tert-OH is 1. The maximum Gasteiger partial charge on any atom is 0.290 e. The zero-order chi connectivity index (χ0) is 25.3. The van der Waals surface area contributed by atoms with Crippen LogP contribution in [0.3, 0.4) is 0 Å². The molecule has 7 nitrogen and oxygen atoms in total. The first-order chi connectivity index (χ1) is 16.8. The summed E-state index contributed by atoms with van der Waals surface area (Å²) in [6.07, 6.45) is 0.912. The number of fused-ring (bicyclic) bond motifs is 2. The second-order valence-electron chi connectivity index (χ2n) is 9.43. The smallest absolute Gasteiger partial charge is 0.290 e. The van der Waals surface area contributed by atoms with Gasteiger partial charge in [0.05, 0.1) is 36.8 Å². The number of nitrogens with zero attached hydrogens (tertiary/aromatic N) is 1. The number of carbonyl (C=O) groups is 1. The van der Waals surface area contributed by atoms with Crippen molar-refractivity contribution in [1.29, 1.82) is 0 Å². The zero-order valence-electron chi connectivity index (χ0n) is 21.0. The molecule has 0 saturated heterocycles. The molecule has 0 saturated carbocycles. The van der Waals surface area contributed by atoms with E-state index in [1.54, 1.807) is 6.07 Å². The van der Waals surface area contributed by atoms with Gasteiger partial charge in [0.15, 0.2) is 16.9 Å². The molecule has 35 heavy (non-hydrogen) atoms. The lowest BCUT2D eigenvalue weighted by Gasteiger charge is -2.25. The van der Waals surface area contributed by atoms with Crippen molar-refractivity contribution in [3.05, 3.63) is 68.6 Å². The van der Waals surface area contributed by atoms with Crippen LogP contribution in [0.15, 0.2) is 39.5 Å². The third-order valence-electron chi connectivity index (χ3n) is 6.27. The van der Waals surface area contributed by atoms with Crippen LogP contribution in [0.2, 0.25) is 0 Å². The predicted molar refractivity (Wildman–Crippen MR) is 134 cm³/mol. The Hall–Kier alpha value is -3.32. The molecule has 0 unspecified atom stereocenters. The average Bonchev–Trinajstić information content (AvgIpc) is 3.08. The van der Waals surface area contributed by atoms with Crippen molar-refractivity contribution >= 4 is 16.9 Å². The van der Waals surface area contributed by atoms with Crippen LogP contribution in [-0.4, -0.2) is 42.3 Å². The van der Waals surface area contributed by atoms with E-state index in [1.807, 2.05) is 45.0 Å². The molecule has 1 aliphatic rings. The first-order valence-electron chi connectivity index (χ1n) is 12.2. The fraction of sp³-hybridized carbons (Fsp3) is 0.429. The summed E-state index contributed by atoms with van der Waals surface area (Å²) in [6.45, 7) is 10.8. The minimum atomic E-state index is -0.699. The highest BCUT2D eigenvalue weighted by Gasteiger charge is 2.42. The Labute approximate surface area is 205 Å². The summed E-state index contributed by atoms with van der Waals surface area (Å²) >= 11 is 0. The fourth-order valence-corrected chi connectivity index (χ4v) is 4.65. The van der Waals surface area contributed by atoms with E-state index in [2.05, 4.69) is 13.8 Å². The number of carbonyl (C=O) groups excluding carboxylic acids is 1. The highest BCUT2D eigenvalue weighted by atomic mass is 16.5. The Bertz CT molecular complexity index is 1310. The molecule has 1 atom stereocenters. The van der Waals surface area contributed by atoms with Gasteiger partial charge in [-0.1, -0.05) is 26.0 Å². The minimum Gasteiger partial charge on any atom is -0.490 e.